The van der Waals surface area contributed by atoms with Gasteiger partial charge in [-0.2, -0.15) is 0 Å². The van der Waals surface area contributed by atoms with Crippen LogP contribution in [0.3, 0.4) is 0 Å². The number of phenols is 1. The third kappa shape index (κ3) is 0.951. The molecule has 76 valence electrons. The number of aromatic hydroxyl groups is 1. The van der Waals surface area contributed by atoms with Crippen LogP contribution in [0.5, 0.6) is 11.5 Å². The van der Waals surface area contributed by atoms with Gasteiger partial charge in [0.25, 0.3) is 0 Å². The molecule has 1 aliphatic rings. The third-order valence-corrected chi connectivity index (χ3v) is 2.69. The lowest BCUT2D eigenvalue weighted by Crippen LogP contribution is -1.92. The van der Waals surface area contributed by atoms with Gasteiger partial charge in [0, 0.05) is 16.7 Å². The molecule has 1 aliphatic carbocycles. The van der Waals surface area contributed by atoms with Gasteiger partial charge in [0.05, 0.1) is 13.7 Å². The molecule has 14 heavy (non-hydrogen) atoms. The standard InChI is InChI=1S/C10H12O4/c1-4-6-7(9(6)13)5(3-11)8(12)10(4)14-2/h9,11-13H,3H2,1-2H3. The van der Waals surface area contributed by atoms with Gasteiger partial charge in [0.2, 0.25) is 0 Å². The molecule has 3 N–H and O–H groups in total. The van der Waals surface area contributed by atoms with Crippen molar-refractivity contribution in [3.05, 3.63) is 22.3 Å². The number of hydrogen-bond donors (Lipinski definition) is 3. The van der Waals surface area contributed by atoms with Crippen molar-refractivity contribution in [2.24, 2.45) is 0 Å². The number of hydrogen-bond acceptors (Lipinski definition) is 4. The highest BCUT2D eigenvalue weighted by atomic mass is 16.5. The predicted molar refractivity (Wildman–Crippen MR) is 49.4 cm³/mol. The minimum absolute atomic E-state index is 0.0669. The summed E-state index contributed by atoms with van der Waals surface area (Å²) >= 11 is 0. The summed E-state index contributed by atoms with van der Waals surface area (Å²) in [6.07, 6.45) is -0.646. The Morgan fingerprint density at radius 1 is 1.36 bits per heavy atom. The van der Waals surface area contributed by atoms with Gasteiger partial charge >= 0.3 is 0 Å². The van der Waals surface area contributed by atoms with E-state index in [2.05, 4.69) is 0 Å². The number of aliphatic hydroxyl groups excluding tert-OH is 2. The lowest BCUT2D eigenvalue weighted by molar-refractivity contribution is 0.254. The summed E-state index contributed by atoms with van der Waals surface area (Å²) in [5.74, 6) is 0.271. The lowest BCUT2D eigenvalue weighted by Gasteiger charge is -2.08. The Kier molecular flexibility index (Phi) is 1.90. The average molecular weight is 196 g/mol. The quantitative estimate of drug-likeness (QED) is 0.647. The van der Waals surface area contributed by atoms with E-state index < -0.39 is 6.10 Å². The second-order valence-electron chi connectivity index (χ2n) is 3.37. The molecule has 0 heterocycles. The molecule has 4 heteroatoms. The fraction of sp³-hybridized carbons (Fsp3) is 0.400. The summed E-state index contributed by atoms with van der Waals surface area (Å²) < 4.78 is 5.01. The molecule has 1 aromatic rings. The largest absolute Gasteiger partial charge is 0.504 e. The molecule has 0 radical (unpaired) electrons. The van der Waals surface area contributed by atoms with Crippen molar-refractivity contribution in [2.45, 2.75) is 19.6 Å². The highest BCUT2D eigenvalue weighted by molar-refractivity contribution is 5.69. The molecular formula is C10H12O4. The highest BCUT2D eigenvalue weighted by Crippen LogP contribution is 2.53. The first-order chi connectivity index (χ1) is 6.63. The minimum Gasteiger partial charge on any atom is -0.504 e. The number of rotatable bonds is 2. The van der Waals surface area contributed by atoms with Gasteiger partial charge in [-0.25, -0.2) is 0 Å². The molecule has 0 saturated carbocycles. The lowest BCUT2D eigenvalue weighted by atomic mass is 10.1. The fourth-order valence-corrected chi connectivity index (χ4v) is 1.92. The van der Waals surface area contributed by atoms with Crippen LogP contribution in [0.2, 0.25) is 0 Å². The molecule has 1 aromatic carbocycles. The smallest absolute Gasteiger partial charge is 0.164 e. The van der Waals surface area contributed by atoms with Crippen LogP contribution in [0, 0.1) is 6.92 Å². The van der Waals surface area contributed by atoms with Crippen molar-refractivity contribution < 1.29 is 20.1 Å². The van der Waals surface area contributed by atoms with Gasteiger partial charge in [-0.1, -0.05) is 0 Å². The first-order valence-electron chi connectivity index (χ1n) is 4.34. The zero-order chi connectivity index (χ0) is 10.5. The van der Waals surface area contributed by atoms with E-state index in [-0.39, 0.29) is 12.4 Å². The van der Waals surface area contributed by atoms with Crippen molar-refractivity contribution >= 4 is 0 Å². The minimum atomic E-state index is -0.646. The molecule has 0 amide bonds. The number of fused-ring (bicyclic) bond motifs is 1. The zero-order valence-electron chi connectivity index (χ0n) is 8.03. The van der Waals surface area contributed by atoms with Gasteiger partial charge in [0.15, 0.2) is 11.5 Å². The van der Waals surface area contributed by atoms with E-state index >= 15 is 0 Å². The molecular weight excluding hydrogens is 184 g/mol. The van der Waals surface area contributed by atoms with Gasteiger partial charge < -0.3 is 20.1 Å². The molecule has 0 saturated heterocycles. The topological polar surface area (TPSA) is 69.9 Å². The summed E-state index contributed by atoms with van der Waals surface area (Å²) in [5.41, 5.74) is 2.52. The van der Waals surface area contributed by atoms with E-state index in [1.165, 1.54) is 7.11 Å². The Labute approximate surface area is 81.4 Å². The summed E-state index contributed by atoms with van der Waals surface area (Å²) in [6, 6.07) is 0. The molecule has 0 aromatic heterocycles. The summed E-state index contributed by atoms with van der Waals surface area (Å²) in [5, 5.41) is 28.2. The van der Waals surface area contributed by atoms with Crippen LogP contribution in [0.4, 0.5) is 0 Å². The van der Waals surface area contributed by atoms with Crippen LogP contribution in [0.1, 0.15) is 28.4 Å². The van der Waals surface area contributed by atoms with E-state index in [1.807, 2.05) is 0 Å². The molecule has 0 spiro atoms. The first kappa shape index (κ1) is 9.30. The Morgan fingerprint density at radius 2 is 2.00 bits per heavy atom. The molecule has 4 nitrogen and oxygen atoms in total. The molecule has 0 fully saturated rings. The Hall–Kier alpha value is -1.26. The Balaban J connectivity index is 2.68. The van der Waals surface area contributed by atoms with Crippen molar-refractivity contribution in [3.63, 3.8) is 0 Å². The van der Waals surface area contributed by atoms with Crippen LogP contribution in [-0.2, 0) is 6.61 Å². The third-order valence-electron chi connectivity index (χ3n) is 2.69. The van der Waals surface area contributed by atoms with Crippen LogP contribution < -0.4 is 4.74 Å². The van der Waals surface area contributed by atoms with Crippen molar-refractivity contribution in [1.29, 1.82) is 0 Å². The van der Waals surface area contributed by atoms with E-state index in [0.717, 1.165) is 11.1 Å². The van der Waals surface area contributed by atoms with Crippen LogP contribution in [-0.4, -0.2) is 22.4 Å². The predicted octanol–water partition coefficient (Wildman–Crippen LogP) is 0.597. The van der Waals surface area contributed by atoms with E-state index in [0.29, 0.717) is 16.9 Å². The molecule has 0 aliphatic heterocycles. The SMILES string of the molecule is COc1c(C)c2c(c(CO)c1O)C2O. The first-order valence-corrected chi connectivity index (χ1v) is 4.34. The number of aliphatic hydroxyl groups is 2. The normalized spacial score (nSPS) is 17.9. The van der Waals surface area contributed by atoms with E-state index in [4.69, 9.17) is 9.84 Å². The van der Waals surface area contributed by atoms with Crippen molar-refractivity contribution in [1.82, 2.24) is 0 Å². The maximum Gasteiger partial charge on any atom is 0.164 e. The highest BCUT2D eigenvalue weighted by Gasteiger charge is 2.39. The molecule has 1 unspecified atom stereocenters. The zero-order valence-corrected chi connectivity index (χ0v) is 8.03. The van der Waals surface area contributed by atoms with E-state index in [1.54, 1.807) is 6.92 Å². The Bertz CT molecular complexity index is 398. The fourth-order valence-electron chi connectivity index (χ4n) is 1.92. The van der Waals surface area contributed by atoms with E-state index in [9.17, 15) is 10.2 Å². The maximum atomic E-state index is 9.71. The summed E-state index contributed by atoms with van der Waals surface area (Å²) in [4.78, 5) is 0. The van der Waals surface area contributed by atoms with Gasteiger partial charge in [-0.3, -0.25) is 0 Å². The summed E-state index contributed by atoms with van der Waals surface area (Å²) in [7, 11) is 1.45. The molecule has 0 bridgehead atoms. The average Bonchev–Trinajstić information content (AvgIpc) is 2.80. The summed E-state index contributed by atoms with van der Waals surface area (Å²) in [6.45, 7) is 1.48. The van der Waals surface area contributed by atoms with Gasteiger partial charge in [-0.05, 0) is 12.5 Å². The number of ether oxygens (including phenoxy) is 1. The maximum absolute atomic E-state index is 9.71. The van der Waals surface area contributed by atoms with Gasteiger partial charge in [0.1, 0.15) is 6.10 Å². The van der Waals surface area contributed by atoms with Crippen molar-refractivity contribution in [3.8, 4) is 11.5 Å². The molecule has 1 atom stereocenters. The second kappa shape index (κ2) is 2.87. The number of benzene rings is 1. The van der Waals surface area contributed by atoms with Crippen LogP contribution in [0.25, 0.3) is 0 Å². The molecule has 2 rings (SSSR count). The second-order valence-corrected chi connectivity index (χ2v) is 3.37. The number of methoxy groups -OCH3 is 1. The Morgan fingerprint density at radius 3 is 2.50 bits per heavy atom. The van der Waals surface area contributed by atoms with Gasteiger partial charge in [-0.15, -0.1) is 0 Å². The van der Waals surface area contributed by atoms with Crippen LogP contribution >= 0.6 is 0 Å². The van der Waals surface area contributed by atoms with Crippen LogP contribution in [0.15, 0.2) is 0 Å². The van der Waals surface area contributed by atoms with Crippen molar-refractivity contribution in [2.75, 3.05) is 7.11 Å². The monoisotopic (exact) mass is 196 g/mol.